The van der Waals surface area contributed by atoms with E-state index >= 15 is 0 Å². The summed E-state index contributed by atoms with van der Waals surface area (Å²) in [5.41, 5.74) is 1.03. The number of hydrogen-bond acceptors (Lipinski definition) is 3. The van der Waals surface area contributed by atoms with Gasteiger partial charge in [0.15, 0.2) is 5.82 Å². The van der Waals surface area contributed by atoms with Gasteiger partial charge in [0.1, 0.15) is 0 Å². The number of carbonyl (C=O) groups excluding carboxylic acids is 2. The number of benzene rings is 1. The monoisotopic (exact) mass is 328 g/mol. The van der Waals surface area contributed by atoms with Gasteiger partial charge in [0.25, 0.3) is 0 Å². The molecule has 24 heavy (non-hydrogen) atoms. The van der Waals surface area contributed by atoms with Gasteiger partial charge in [0.2, 0.25) is 11.8 Å². The molecule has 1 aromatic carbocycles. The molecule has 0 spiro atoms. The summed E-state index contributed by atoms with van der Waals surface area (Å²) in [7, 11) is 0. The normalized spacial score (nSPS) is 11.1. The molecule has 1 aromatic heterocycles. The molecule has 6 heteroatoms. The Morgan fingerprint density at radius 3 is 2.46 bits per heavy atom. The fourth-order valence-corrected chi connectivity index (χ4v) is 2.20. The van der Waals surface area contributed by atoms with E-state index in [-0.39, 0.29) is 23.8 Å². The number of hydrogen-bond donors (Lipinski definition) is 2. The average molecular weight is 328 g/mol. The van der Waals surface area contributed by atoms with Gasteiger partial charge in [-0.15, -0.1) is 0 Å². The van der Waals surface area contributed by atoms with E-state index in [2.05, 4.69) is 15.7 Å². The van der Waals surface area contributed by atoms with Crippen LogP contribution in [0.1, 0.15) is 32.8 Å². The van der Waals surface area contributed by atoms with Crippen LogP contribution in [0.15, 0.2) is 42.6 Å². The standard InChI is InChI=1S/C18H24N4O2/c1-18(2,3)11-16(23)19-12-17(24)20-15-9-10-22(21-15)13-14-7-5-4-6-8-14/h4-10H,11-13H2,1-3H3,(H,19,23)(H,20,21,24). The third-order valence-electron chi connectivity index (χ3n) is 3.23. The molecule has 0 saturated heterocycles. The third-order valence-corrected chi connectivity index (χ3v) is 3.23. The van der Waals surface area contributed by atoms with Gasteiger partial charge in [0.05, 0.1) is 13.1 Å². The molecule has 1 heterocycles. The summed E-state index contributed by atoms with van der Waals surface area (Å²) in [5, 5.41) is 9.61. The summed E-state index contributed by atoms with van der Waals surface area (Å²) in [6.07, 6.45) is 2.19. The van der Waals surface area contributed by atoms with Crippen LogP contribution in [0.25, 0.3) is 0 Å². The van der Waals surface area contributed by atoms with Crippen molar-refractivity contribution in [1.29, 1.82) is 0 Å². The van der Waals surface area contributed by atoms with Crippen LogP contribution in [0.5, 0.6) is 0 Å². The lowest BCUT2D eigenvalue weighted by atomic mass is 9.92. The molecule has 0 unspecified atom stereocenters. The van der Waals surface area contributed by atoms with Crippen LogP contribution in [0.4, 0.5) is 5.82 Å². The predicted octanol–water partition coefficient (Wildman–Crippen LogP) is 2.42. The maximum absolute atomic E-state index is 11.9. The smallest absolute Gasteiger partial charge is 0.244 e. The molecule has 0 saturated carbocycles. The Morgan fingerprint density at radius 1 is 1.08 bits per heavy atom. The molecule has 2 N–H and O–H groups in total. The highest BCUT2D eigenvalue weighted by atomic mass is 16.2. The number of nitrogens with one attached hydrogen (secondary N) is 2. The maximum Gasteiger partial charge on any atom is 0.244 e. The van der Waals surface area contributed by atoms with Crippen LogP contribution in [0.3, 0.4) is 0 Å². The molecule has 2 aromatic rings. The zero-order valence-corrected chi connectivity index (χ0v) is 14.4. The lowest BCUT2D eigenvalue weighted by Crippen LogP contribution is -2.34. The van der Waals surface area contributed by atoms with Crippen LogP contribution in [0.2, 0.25) is 0 Å². The first-order chi connectivity index (χ1) is 11.3. The molecule has 0 atom stereocenters. The van der Waals surface area contributed by atoms with Crippen LogP contribution >= 0.6 is 0 Å². The van der Waals surface area contributed by atoms with Crippen molar-refractivity contribution in [3.05, 3.63) is 48.2 Å². The number of anilines is 1. The van der Waals surface area contributed by atoms with Gasteiger partial charge in [0, 0.05) is 18.7 Å². The number of aromatic nitrogens is 2. The summed E-state index contributed by atoms with van der Waals surface area (Å²) in [5.74, 6) is 0.0514. The molecule has 2 amide bonds. The highest BCUT2D eigenvalue weighted by Crippen LogP contribution is 2.17. The van der Waals surface area contributed by atoms with Crippen LogP contribution in [-0.4, -0.2) is 28.1 Å². The molecule has 0 aliphatic carbocycles. The van der Waals surface area contributed by atoms with E-state index in [4.69, 9.17) is 0 Å². The van der Waals surface area contributed by atoms with E-state index in [1.165, 1.54) is 0 Å². The van der Waals surface area contributed by atoms with Crippen molar-refractivity contribution in [2.24, 2.45) is 5.41 Å². The maximum atomic E-state index is 11.9. The van der Waals surface area contributed by atoms with Crippen LogP contribution in [-0.2, 0) is 16.1 Å². The van der Waals surface area contributed by atoms with Gasteiger partial charge in [-0.2, -0.15) is 5.10 Å². The van der Waals surface area contributed by atoms with Crippen LogP contribution in [0, 0.1) is 5.41 Å². The lowest BCUT2D eigenvalue weighted by Gasteiger charge is -2.16. The molecule has 0 aliphatic heterocycles. The minimum Gasteiger partial charge on any atom is -0.347 e. The van der Waals surface area contributed by atoms with E-state index < -0.39 is 0 Å². The largest absolute Gasteiger partial charge is 0.347 e. The van der Waals surface area contributed by atoms with Crippen molar-refractivity contribution < 1.29 is 9.59 Å². The molecule has 2 rings (SSSR count). The number of nitrogens with zero attached hydrogens (tertiary/aromatic N) is 2. The molecule has 0 aliphatic rings. The molecule has 0 radical (unpaired) electrons. The Morgan fingerprint density at radius 2 is 1.79 bits per heavy atom. The quantitative estimate of drug-likeness (QED) is 0.855. The van der Waals surface area contributed by atoms with E-state index in [0.717, 1.165) is 5.56 Å². The summed E-state index contributed by atoms with van der Waals surface area (Å²) < 4.78 is 1.75. The lowest BCUT2D eigenvalue weighted by molar-refractivity contribution is -0.125. The third kappa shape index (κ3) is 6.24. The molecule has 0 fully saturated rings. The van der Waals surface area contributed by atoms with Gasteiger partial charge in [-0.25, -0.2) is 0 Å². The minimum absolute atomic E-state index is 0.0551. The van der Waals surface area contributed by atoms with Gasteiger partial charge < -0.3 is 10.6 Å². The van der Waals surface area contributed by atoms with Crippen molar-refractivity contribution in [1.82, 2.24) is 15.1 Å². The highest BCUT2D eigenvalue weighted by Gasteiger charge is 2.16. The van der Waals surface area contributed by atoms with Crippen molar-refractivity contribution in [3.63, 3.8) is 0 Å². The topological polar surface area (TPSA) is 76.0 Å². The summed E-state index contributed by atoms with van der Waals surface area (Å²) in [6, 6.07) is 11.7. The Labute approximate surface area is 142 Å². The molecular formula is C18H24N4O2. The summed E-state index contributed by atoms with van der Waals surface area (Å²) in [4.78, 5) is 23.6. The first kappa shape index (κ1) is 17.7. The fraction of sp³-hybridized carbons (Fsp3) is 0.389. The first-order valence-corrected chi connectivity index (χ1v) is 7.96. The molecule has 128 valence electrons. The van der Waals surface area contributed by atoms with Crippen molar-refractivity contribution >= 4 is 17.6 Å². The van der Waals surface area contributed by atoms with E-state index in [9.17, 15) is 9.59 Å². The number of carbonyl (C=O) groups is 2. The SMILES string of the molecule is CC(C)(C)CC(=O)NCC(=O)Nc1ccn(Cc2ccccc2)n1. The summed E-state index contributed by atoms with van der Waals surface area (Å²) >= 11 is 0. The Hall–Kier alpha value is -2.63. The summed E-state index contributed by atoms with van der Waals surface area (Å²) in [6.45, 7) is 6.52. The van der Waals surface area contributed by atoms with Crippen molar-refractivity contribution in [2.45, 2.75) is 33.7 Å². The van der Waals surface area contributed by atoms with E-state index in [0.29, 0.717) is 18.8 Å². The highest BCUT2D eigenvalue weighted by molar-refractivity contribution is 5.93. The zero-order valence-electron chi connectivity index (χ0n) is 14.4. The Bertz CT molecular complexity index is 687. The molecular weight excluding hydrogens is 304 g/mol. The van der Waals surface area contributed by atoms with Gasteiger partial charge >= 0.3 is 0 Å². The molecule has 6 nitrogen and oxygen atoms in total. The minimum atomic E-state index is -0.290. The second kappa shape index (κ2) is 7.77. The van der Waals surface area contributed by atoms with Gasteiger partial charge in [-0.3, -0.25) is 14.3 Å². The number of amides is 2. The van der Waals surface area contributed by atoms with Gasteiger partial charge in [-0.05, 0) is 11.0 Å². The van der Waals surface area contributed by atoms with Gasteiger partial charge in [-0.1, -0.05) is 51.1 Å². The van der Waals surface area contributed by atoms with E-state index in [1.807, 2.05) is 51.1 Å². The predicted molar refractivity (Wildman–Crippen MR) is 93.5 cm³/mol. The van der Waals surface area contributed by atoms with Crippen molar-refractivity contribution in [2.75, 3.05) is 11.9 Å². The van der Waals surface area contributed by atoms with E-state index in [1.54, 1.807) is 16.9 Å². The molecule has 0 bridgehead atoms. The van der Waals surface area contributed by atoms with Crippen molar-refractivity contribution in [3.8, 4) is 0 Å². The Balaban J connectivity index is 1.79. The Kier molecular flexibility index (Phi) is 5.73. The van der Waals surface area contributed by atoms with Crippen LogP contribution < -0.4 is 10.6 Å². The first-order valence-electron chi connectivity index (χ1n) is 7.96. The number of rotatable bonds is 6. The second-order valence-corrected chi connectivity index (χ2v) is 6.95. The second-order valence-electron chi connectivity index (χ2n) is 6.95. The fourth-order valence-electron chi connectivity index (χ4n) is 2.20. The zero-order chi connectivity index (χ0) is 17.6. The average Bonchev–Trinajstić information content (AvgIpc) is 2.91.